The lowest BCUT2D eigenvalue weighted by Crippen LogP contribution is -2.31. The largest absolute Gasteiger partial charge is 0.478 e. The maximum Gasteiger partial charge on any atom is 0.338 e. The molecular weight excluding hydrogens is 344 g/mol. The lowest BCUT2D eigenvalue weighted by Gasteiger charge is -2.28. The monoisotopic (exact) mass is 365 g/mol. The van der Waals surface area contributed by atoms with Gasteiger partial charge in [-0.1, -0.05) is 12.6 Å². The van der Waals surface area contributed by atoms with E-state index >= 15 is 0 Å². The van der Waals surface area contributed by atoms with Crippen LogP contribution in [-0.2, 0) is 0 Å². The maximum atomic E-state index is 14.0. The van der Waals surface area contributed by atoms with Gasteiger partial charge < -0.3 is 15.9 Å². The summed E-state index contributed by atoms with van der Waals surface area (Å²) in [5.41, 5.74) is 6.10. The van der Waals surface area contributed by atoms with Crippen LogP contribution >= 0.6 is 0 Å². The normalized spacial score (nSPS) is 24.4. The van der Waals surface area contributed by atoms with E-state index in [1.165, 1.54) is 13.1 Å². The lowest BCUT2D eigenvalue weighted by atomic mass is 9.84. The van der Waals surface area contributed by atoms with Crippen molar-refractivity contribution in [3.05, 3.63) is 47.4 Å². The van der Waals surface area contributed by atoms with E-state index in [4.69, 9.17) is 10.8 Å². The van der Waals surface area contributed by atoms with Gasteiger partial charge in [-0.05, 0) is 31.4 Å². The molecule has 0 amide bonds. The Morgan fingerprint density at radius 3 is 2.62 bits per heavy atom. The molecule has 1 fully saturated rings. The average molecular weight is 365 g/mol. The summed E-state index contributed by atoms with van der Waals surface area (Å²) >= 11 is 0. The molecule has 140 valence electrons. The van der Waals surface area contributed by atoms with Crippen LogP contribution < -0.4 is 5.73 Å². The molecule has 0 radical (unpaired) electrons. The van der Waals surface area contributed by atoms with Gasteiger partial charge in [0.05, 0.1) is 11.7 Å². The third-order valence-corrected chi connectivity index (χ3v) is 4.42. The van der Waals surface area contributed by atoms with Crippen LogP contribution in [0.4, 0.5) is 8.78 Å². The molecule has 1 aliphatic carbocycles. The Bertz CT molecular complexity index is 777. The first kappa shape index (κ1) is 19.7. The minimum Gasteiger partial charge on any atom is -0.478 e. The van der Waals surface area contributed by atoms with Crippen molar-refractivity contribution in [3.63, 3.8) is 0 Å². The number of nitrogens with two attached hydrogens (primary N) is 1. The smallest absolute Gasteiger partial charge is 0.338 e. The Balaban J connectivity index is 2.36. The molecule has 3 atom stereocenters. The van der Waals surface area contributed by atoms with E-state index in [0.29, 0.717) is 18.5 Å². The summed E-state index contributed by atoms with van der Waals surface area (Å²) in [7, 11) is 1.43. The topological polar surface area (TPSA) is 108 Å². The Labute approximate surface area is 149 Å². The lowest BCUT2D eigenvalue weighted by molar-refractivity contribution is 0.0305. The molecule has 26 heavy (non-hydrogen) atoms. The van der Waals surface area contributed by atoms with Crippen molar-refractivity contribution < 1.29 is 23.8 Å². The first-order chi connectivity index (χ1) is 12.2. The molecule has 0 aromatic heterocycles. The van der Waals surface area contributed by atoms with Gasteiger partial charge in [-0.3, -0.25) is 4.99 Å². The molecule has 1 aromatic carbocycles. The van der Waals surface area contributed by atoms with E-state index in [-0.39, 0.29) is 29.4 Å². The Morgan fingerprint density at radius 2 is 2.08 bits per heavy atom. The fraction of sp³-hybridized carbons (Fsp3) is 0.389. The zero-order valence-electron chi connectivity index (χ0n) is 14.3. The maximum absolute atomic E-state index is 14.0. The molecule has 1 aliphatic rings. The summed E-state index contributed by atoms with van der Waals surface area (Å²) in [4.78, 5) is 19.1. The second-order valence-corrected chi connectivity index (χ2v) is 6.15. The molecular formula is C18H21F2N3O3. The Morgan fingerprint density at radius 1 is 1.38 bits per heavy atom. The summed E-state index contributed by atoms with van der Waals surface area (Å²) < 4.78 is 27.8. The van der Waals surface area contributed by atoms with Crippen molar-refractivity contribution >= 4 is 17.5 Å². The molecule has 0 aliphatic heterocycles. The molecule has 1 aromatic rings. The average Bonchev–Trinajstić information content (AvgIpc) is 2.60. The fourth-order valence-electron chi connectivity index (χ4n) is 2.85. The van der Waals surface area contributed by atoms with Crippen LogP contribution in [0.3, 0.4) is 0 Å². The number of carboxylic acids is 1. The highest BCUT2D eigenvalue weighted by Crippen LogP contribution is 2.32. The summed E-state index contributed by atoms with van der Waals surface area (Å²) in [5.74, 6) is -2.58. The van der Waals surface area contributed by atoms with Crippen molar-refractivity contribution in [1.29, 1.82) is 0 Å². The number of nitrogens with zero attached hydrogens (tertiary/aromatic N) is 2. The number of carbonyl (C=O) groups is 1. The summed E-state index contributed by atoms with van der Waals surface area (Å²) in [6, 6.07) is 3.50. The number of amidine groups is 1. The van der Waals surface area contributed by atoms with Crippen molar-refractivity contribution in [2.24, 2.45) is 21.6 Å². The quantitative estimate of drug-likeness (QED) is 0.549. The molecule has 0 bridgehead atoms. The van der Waals surface area contributed by atoms with Crippen LogP contribution in [0, 0.1) is 11.7 Å². The van der Waals surface area contributed by atoms with Crippen molar-refractivity contribution in [2.45, 2.75) is 31.5 Å². The SMILES string of the molecule is C=C(/N=C(\C(N)=N/C)c1ccc(C(=O)O)c(F)c1)[C@@H]1CC[C@@H](O)[C@H](F)C1. The molecule has 0 spiro atoms. The molecule has 0 heterocycles. The highest BCUT2D eigenvalue weighted by molar-refractivity contribution is 6.47. The minimum atomic E-state index is -1.39. The molecule has 6 nitrogen and oxygen atoms in total. The number of carboxylic acid groups (broad SMARTS) is 1. The molecule has 0 unspecified atom stereocenters. The van der Waals surface area contributed by atoms with Gasteiger partial charge in [0, 0.05) is 24.2 Å². The van der Waals surface area contributed by atoms with Crippen molar-refractivity contribution in [3.8, 4) is 0 Å². The van der Waals surface area contributed by atoms with E-state index in [1.54, 1.807) is 0 Å². The highest BCUT2D eigenvalue weighted by Gasteiger charge is 2.30. The van der Waals surface area contributed by atoms with Crippen LogP contribution in [0.15, 0.2) is 40.5 Å². The van der Waals surface area contributed by atoms with Gasteiger partial charge in [-0.15, -0.1) is 0 Å². The number of benzene rings is 1. The van der Waals surface area contributed by atoms with Gasteiger partial charge in [-0.25, -0.2) is 18.6 Å². The number of allylic oxidation sites excluding steroid dienone is 1. The number of aliphatic imine (C=N–C) groups is 2. The van der Waals surface area contributed by atoms with E-state index in [9.17, 15) is 18.7 Å². The summed E-state index contributed by atoms with van der Waals surface area (Å²) in [6.07, 6.45) is -1.43. The van der Waals surface area contributed by atoms with Crippen LogP contribution in [0.2, 0.25) is 0 Å². The molecule has 4 N–H and O–H groups in total. The van der Waals surface area contributed by atoms with Crippen LogP contribution in [0.1, 0.15) is 35.2 Å². The fourth-order valence-corrected chi connectivity index (χ4v) is 2.85. The van der Waals surface area contributed by atoms with Gasteiger partial charge in [-0.2, -0.15) is 0 Å². The number of aliphatic hydroxyl groups excluding tert-OH is 1. The number of aromatic carboxylic acids is 1. The van der Waals surface area contributed by atoms with E-state index in [1.807, 2.05) is 0 Å². The standard InChI is InChI=1S/C18H21F2N3O3/c1-9(10-4-6-15(24)14(20)7-10)23-16(17(21)22-2)11-3-5-12(18(25)26)13(19)8-11/h3,5,8,10,14-15,24H,1,4,6-7H2,2H3,(H2,21,22)(H,25,26)/b23-16-/t10-,14-,15-/m1/s1. The zero-order valence-corrected chi connectivity index (χ0v) is 14.3. The van der Waals surface area contributed by atoms with Crippen LogP contribution in [0.25, 0.3) is 0 Å². The molecule has 1 saturated carbocycles. The second-order valence-electron chi connectivity index (χ2n) is 6.15. The second kappa shape index (κ2) is 8.18. The van der Waals surface area contributed by atoms with Gasteiger partial charge in [0.15, 0.2) is 0 Å². The first-order valence-electron chi connectivity index (χ1n) is 8.10. The minimum absolute atomic E-state index is 0.0151. The molecule has 8 heteroatoms. The highest BCUT2D eigenvalue weighted by atomic mass is 19.1. The van der Waals surface area contributed by atoms with Gasteiger partial charge in [0.2, 0.25) is 0 Å². The van der Waals surface area contributed by atoms with Gasteiger partial charge >= 0.3 is 5.97 Å². The van der Waals surface area contributed by atoms with Crippen molar-refractivity contribution in [1.82, 2.24) is 0 Å². The van der Waals surface area contributed by atoms with E-state index < -0.39 is 29.6 Å². The van der Waals surface area contributed by atoms with Gasteiger partial charge in [0.1, 0.15) is 23.5 Å². The van der Waals surface area contributed by atoms with Crippen LogP contribution in [0.5, 0.6) is 0 Å². The number of hydrogen-bond donors (Lipinski definition) is 3. The third-order valence-electron chi connectivity index (χ3n) is 4.42. The van der Waals surface area contributed by atoms with Gasteiger partial charge in [0.25, 0.3) is 0 Å². The number of rotatable bonds is 5. The Hall–Kier alpha value is -2.61. The summed E-state index contributed by atoms with van der Waals surface area (Å²) in [6.45, 7) is 3.85. The number of hydrogen-bond acceptors (Lipinski definition) is 4. The number of halogens is 2. The predicted octanol–water partition coefficient (Wildman–Crippen LogP) is 2.31. The predicted molar refractivity (Wildman–Crippen MR) is 94.8 cm³/mol. The van der Waals surface area contributed by atoms with Crippen molar-refractivity contribution in [2.75, 3.05) is 7.05 Å². The molecule has 0 saturated heterocycles. The number of aliphatic hydroxyl groups is 1. The number of alkyl halides is 1. The zero-order chi connectivity index (χ0) is 19.4. The van der Waals surface area contributed by atoms with E-state index in [0.717, 1.165) is 12.1 Å². The van der Waals surface area contributed by atoms with E-state index in [2.05, 4.69) is 16.6 Å². The summed E-state index contributed by atoms with van der Waals surface area (Å²) in [5, 5.41) is 18.4. The molecule has 2 rings (SSSR count). The Kier molecular flexibility index (Phi) is 6.20. The first-order valence-corrected chi connectivity index (χ1v) is 8.10. The third kappa shape index (κ3) is 4.32. The van der Waals surface area contributed by atoms with Crippen LogP contribution in [-0.4, -0.2) is 47.1 Å².